The highest BCUT2D eigenvalue weighted by Gasteiger charge is 2.23. The fourth-order valence-electron chi connectivity index (χ4n) is 2.34. The Morgan fingerprint density at radius 3 is 2.83 bits per heavy atom. The van der Waals surface area contributed by atoms with Crippen LogP contribution in [0.3, 0.4) is 0 Å². The van der Waals surface area contributed by atoms with Gasteiger partial charge in [-0.25, -0.2) is 0 Å². The van der Waals surface area contributed by atoms with Gasteiger partial charge in [-0.15, -0.1) is 0 Å². The van der Waals surface area contributed by atoms with Gasteiger partial charge in [0.1, 0.15) is 5.02 Å². The van der Waals surface area contributed by atoms with Crippen molar-refractivity contribution in [2.24, 2.45) is 0 Å². The zero-order valence-corrected chi connectivity index (χ0v) is 11.2. The van der Waals surface area contributed by atoms with Crippen LogP contribution in [0.25, 0.3) is 0 Å². The first kappa shape index (κ1) is 13.1. The number of nitrogens with one attached hydrogen (secondary N) is 1. The molecule has 18 heavy (non-hydrogen) atoms. The van der Waals surface area contributed by atoms with Gasteiger partial charge in [0.15, 0.2) is 0 Å². The normalized spacial score (nSPS) is 18.9. The van der Waals surface area contributed by atoms with Gasteiger partial charge >= 0.3 is 0 Å². The first-order valence-electron chi connectivity index (χ1n) is 5.89. The van der Waals surface area contributed by atoms with Crippen LogP contribution in [0.1, 0.15) is 12.0 Å². The fourth-order valence-corrected chi connectivity index (χ4v) is 2.57. The van der Waals surface area contributed by atoms with Crippen molar-refractivity contribution in [1.29, 1.82) is 0 Å². The molecule has 1 fully saturated rings. The summed E-state index contributed by atoms with van der Waals surface area (Å²) < 4.78 is 0. The lowest BCUT2D eigenvalue weighted by Gasteiger charge is -2.27. The van der Waals surface area contributed by atoms with Gasteiger partial charge in [0.2, 0.25) is 0 Å². The molecule has 0 amide bonds. The summed E-state index contributed by atoms with van der Waals surface area (Å²) >= 11 is 5.96. The second-order valence-electron chi connectivity index (χ2n) is 4.60. The smallest absolute Gasteiger partial charge is 0.288 e. The van der Waals surface area contributed by atoms with Gasteiger partial charge < -0.3 is 10.2 Å². The molecular formula is C12H16ClN3O2. The third kappa shape index (κ3) is 2.42. The van der Waals surface area contributed by atoms with Crippen molar-refractivity contribution in [2.75, 3.05) is 25.0 Å². The zero-order valence-electron chi connectivity index (χ0n) is 10.4. The number of nitro benzene ring substituents is 1. The third-order valence-corrected chi connectivity index (χ3v) is 3.73. The maximum absolute atomic E-state index is 10.8. The Labute approximate surface area is 111 Å². The number of aryl methyl sites for hydroxylation is 1. The lowest BCUT2D eigenvalue weighted by atomic mass is 10.1. The van der Waals surface area contributed by atoms with E-state index in [1.165, 1.54) is 6.07 Å². The van der Waals surface area contributed by atoms with E-state index in [4.69, 9.17) is 11.6 Å². The number of benzene rings is 1. The van der Waals surface area contributed by atoms with Gasteiger partial charge in [-0.3, -0.25) is 10.1 Å². The Morgan fingerprint density at radius 1 is 1.56 bits per heavy atom. The number of halogens is 1. The SMILES string of the molecule is Cc1cc([N+](=O)[O-])c(Cl)cc1N(C)C1CCNC1. The van der Waals surface area contributed by atoms with Crippen LogP contribution in [0.4, 0.5) is 11.4 Å². The molecule has 0 saturated carbocycles. The van der Waals surface area contributed by atoms with Gasteiger partial charge in [0, 0.05) is 31.4 Å². The minimum Gasteiger partial charge on any atom is -0.370 e. The average Bonchev–Trinajstić information content (AvgIpc) is 2.84. The van der Waals surface area contributed by atoms with E-state index < -0.39 is 4.92 Å². The van der Waals surface area contributed by atoms with Crippen LogP contribution in [0, 0.1) is 17.0 Å². The molecule has 0 bridgehead atoms. The molecule has 5 nitrogen and oxygen atoms in total. The first-order valence-corrected chi connectivity index (χ1v) is 6.26. The molecule has 1 N–H and O–H groups in total. The van der Waals surface area contributed by atoms with Crippen LogP contribution < -0.4 is 10.2 Å². The van der Waals surface area contributed by atoms with E-state index in [9.17, 15) is 10.1 Å². The maximum Gasteiger partial charge on any atom is 0.288 e. The first-order chi connectivity index (χ1) is 8.50. The molecule has 6 heteroatoms. The van der Waals surface area contributed by atoms with E-state index >= 15 is 0 Å². The molecule has 1 heterocycles. The molecule has 1 aliphatic heterocycles. The van der Waals surface area contributed by atoms with Crippen LogP contribution in [0.5, 0.6) is 0 Å². The van der Waals surface area contributed by atoms with Gasteiger partial charge in [-0.05, 0) is 31.5 Å². The van der Waals surface area contributed by atoms with E-state index in [1.54, 1.807) is 6.07 Å². The maximum atomic E-state index is 10.8. The number of hydrogen-bond acceptors (Lipinski definition) is 4. The molecule has 0 radical (unpaired) electrons. The molecule has 1 saturated heterocycles. The van der Waals surface area contributed by atoms with E-state index in [0.717, 1.165) is 30.8 Å². The molecule has 0 spiro atoms. The topological polar surface area (TPSA) is 58.4 Å². The Hall–Kier alpha value is -1.33. The molecule has 0 aromatic heterocycles. The number of nitro groups is 1. The monoisotopic (exact) mass is 269 g/mol. The second-order valence-corrected chi connectivity index (χ2v) is 5.01. The lowest BCUT2D eigenvalue weighted by Crippen LogP contribution is -2.33. The summed E-state index contributed by atoms with van der Waals surface area (Å²) in [5.74, 6) is 0. The van der Waals surface area contributed by atoms with Crippen molar-refractivity contribution in [3.63, 3.8) is 0 Å². The van der Waals surface area contributed by atoms with Crippen LogP contribution in [-0.2, 0) is 0 Å². The third-order valence-electron chi connectivity index (χ3n) is 3.42. The van der Waals surface area contributed by atoms with E-state index in [2.05, 4.69) is 10.2 Å². The standard InChI is InChI=1S/C12H16ClN3O2/c1-8-5-12(16(17)18)10(13)6-11(8)15(2)9-3-4-14-7-9/h5-6,9,14H,3-4,7H2,1-2H3. The van der Waals surface area contributed by atoms with Crippen LogP contribution >= 0.6 is 11.6 Å². The second kappa shape index (κ2) is 5.12. The molecule has 1 unspecified atom stereocenters. The minimum atomic E-state index is -0.448. The molecule has 2 rings (SSSR count). The molecule has 98 valence electrons. The summed E-state index contributed by atoms with van der Waals surface area (Å²) in [7, 11) is 2.00. The summed E-state index contributed by atoms with van der Waals surface area (Å²) in [6, 6.07) is 3.64. The predicted octanol–water partition coefficient (Wildman–Crippen LogP) is 2.35. The van der Waals surface area contributed by atoms with Crippen LogP contribution in [0.15, 0.2) is 12.1 Å². The number of nitrogens with zero attached hydrogens (tertiary/aromatic N) is 2. The molecular weight excluding hydrogens is 254 g/mol. The van der Waals surface area contributed by atoms with Crippen molar-refractivity contribution in [3.8, 4) is 0 Å². The molecule has 1 aliphatic rings. The highest BCUT2D eigenvalue weighted by molar-refractivity contribution is 6.33. The zero-order chi connectivity index (χ0) is 13.3. The summed E-state index contributed by atoms with van der Waals surface area (Å²) in [5.41, 5.74) is 1.80. The van der Waals surface area contributed by atoms with Gasteiger partial charge in [0.05, 0.1) is 4.92 Å². The van der Waals surface area contributed by atoms with Crippen molar-refractivity contribution >= 4 is 23.0 Å². The molecule has 1 aromatic carbocycles. The summed E-state index contributed by atoms with van der Waals surface area (Å²) in [4.78, 5) is 12.5. The van der Waals surface area contributed by atoms with E-state index in [0.29, 0.717) is 6.04 Å². The predicted molar refractivity (Wildman–Crippen MR) is 72.5 cm³/mol. The van der Waals surface area contributed by atoms with Crippen LogP contribution in [0.2, 0.25) is 5.02 Å². The van der Waals surface area contributed by atoms with E-state index in [1.807, 2.05) is 14.0 Å². The highest BCUT2D eigenvalue weighted by Crippen LogP contribution is 2.33. The van der Waals surface area contributed by atoms with Crippen molar-refractivity contribution < 1.29 is 4.92 Å². The number of hydrogen-bond donors (Lipinski definition) is 1. The average molecular weight is 270 g/mol. The number of likely N-dealkylation sites (N-methyl/N-ethyl adjacent to an activating group) is 1. The molecule has 1 aromatic rings. The van der Waals surface area contributed by atoms with Crippen molar-refractivity contribution in [2.45, 2.75) is 19.4 Å². The summed E-state index contributed by atoms with van der Waals surface area (Å²) in [6.07, 6.45) is 1.07. The highest BCUT2D eigenvalue weighted by atomic mass is 35.5. The quantitative estimate of drug-likeness (QED) is 0.676. The van der Waals surface area contributed by atoms with Crippen molar-refractivity contribution in [3.05, 3.63) is 32.8 Å². The molecule has 0 aliphatic carbocycles. The van der Waals surface area contributed by atoms with Gasteiger partial charge in [-0.1, -0.05) is 11.6 Å². The van der Waals surface area contributed by atoms with Gasteiger partial charge in [-0.2, -0.15) is 0 Å². The Kier molecular flexibility index (Phi) is 3.73. The Bertz CT molecular complexity index is 473. The molecule has 1 atom stereocenters. The number of anilines is 1. The van der Waals surface area contributed by atoms with Gasteiger partial charge in [0.25, 0.3) is 5.69 Å². The number of rotatable bonds is 3. The van der Waals surface area contributed by atoms with Crippen molar-refractivity contribution in [1.82, 2.24) is 5.32 Å². The summed E-state index contributed by atoms with van der Waals surface area (Å²) in [6.45, 7) is 3.82. The lowest BCUT2D eigenvalue weighted by molar-refractivity contribution is -0.384. The Morgan fingerprint density at radius 2 is 2.28 bits per heavy atom. The van der Waals surface area contributed by atoms with Crippen LogP contribution in [-0.4, -0.2) is 31.1 Å². The Balaban J connectivity index is 2.33. The van der Waals surface area contributed by atoms with E-state index in [-0.39, 0.29) is 10.7 Å². The largest absolute Gasteiger partial charge is 0.370 e. The summed E-state index contributed by atoms with van der Waals surface area (Å²) in [5, 5.41) is 14.3. The minimum absolute atomic E-state index is 0.0316. The fraction of sp³-hybridized carbons (Fsp3) is 0.500.